The number of aromatic nitrogens is 4. The van der Waals surface area contributed by atoms with Crippen molar-refractivity contribution >= 4 is 5.91 Å². The van der Waals surface area contributed by atoms with Crippen molar-refractivity contribution in [3.8, 4) is 17.1 Å². The molecule has 0 saturated heterocycles. The van der Waals surface area contributed by atoms with Crippen molar-refractivity contribution in [3.05, 3.63) is 59.7 Å². The summed E-state index contributed by atoms with van der Waals surface area (Å²) in [5.74, 6) is 1.32. The van der Waals surface area contributed by atoms with Gasteiger partial charge in [0, 0.05) is 17.7 Å². The Morgan fingerprint density at radius 2 is 1.96 bits per heavy atom. The molecule has 0 spiro atoms. The number of hydrogen-bond acceptors (Lipinski definition) is 5. The van der Waals surface area contributed by atoms with Crippen LogP contribution in [0.25, 0.3) is 11.4 Å². The highest BCUT2D eigenvalue weighted by Crippen LogP contribution is 2.20. The molecule has 0 unspecified atom stereocenters. The van der Waals surface area contributed by atoms with E-state index in [0.29, 0.717) is 24.5 Å². The summed E-state index contributed by atoms with van der Waals surface area (Å²) in [7, 11) is 0. The molecule has 1 N–H and O–H groups in total. The van der Waals surface area contributed by atoms with E-state index in [1.54, 1.807) is 16.8 Å². The van der Waals surface area contributed by atoms with Crippen molar-refractivity contribution < 1.29 is 9.53 Å². The van der Waals surface area contributed by atoms with E-state index in [9.17, 15) is 4.79 Å². The van der Waals surface area contributed by atoms with Crippen LogP contribution in [-0.4, -0.2) is 32.7 Å². The van der Waals surface area contributed by atoms with Crippen LogP contribution >= 0.6 is 0 Å². The fourth-order valence-electron chi connectivity index (χ4n) is 2.69. The molecule has 0 bridgehead atoms. The van der Waals surface area contributed by atoms with Crippen LogP contribution in [-0.2, 0) is 6.54 Å². The van der Waals surface area contributed by atoms with Gasteiger partial charge < -0.3 is 10.1 Å². The first kappa shape index (κ1) is 18.6. The van der Waals surface area contributed by atoms with Crippen LogP contribution in [0.1, 0.15) is 42.7 Å². The lowest BCUT2D eigenvalue weighted by atomic mass is 10.1. The van der Waals surface area contributed by atoms with Gasteiger partial charge >= 0.3 is 0 Å². The Kier molecular flexibility index (Phi) is 5.80. The predicted molar refractivity (Wildman–Crippen MR) is 102 cm³/mol. The van der Waals surface area contributed by atoms with Crippen LogP contribution in [0.15, 0.2) is 48.5 Å². The summed E-state index contributed by atoms with van der Waals surface area (Å²) in [4.78, 5) is 12.5. The maximum Gasteiger partial charge on any atom is 0.251 e. The van der Waals surface area contributed by atoms with Crippen molar-refractivity contribution in [1.29, 1.82) is 0 Å². The topological polar surface area (TPSA) is 81.9 Å². The summed E-state index contributed by atoms with van der Waals surface area (Å²) in [6.45, 7) is 7.04. The van der Waals surface area contributed by atoms with Crippen LogP contribution in [0, 0.1) is 0 Å². The molecule has 7 nitrogen and oxygen atoms in total. The molecular formula is C20H23N5O2. The lowest BCUT2D eigenvalue weighted by Crippen LogP contribution is -2.22. The highest BCUT2D eigenvalue weighted by molar-refractivity contribution is 5.95. The molecule has 3 aromatic rings. The lowest BCUT2D eigenvalue weighted by Gasteiger charge is -2.10. The minimum atomic E-state index is -0.144. The molecule has 2 aromatic carbocycles. The fraction of sp³-hybridized carbons (Fsp3) is 0.300. The van der Waals surface area contributed by atoms with E-state index >= 15 is 0 Å². The summed E-state index contributed by atoms with van der Waals surface area (Å²) in [5.41, 5.74) is 2.38. The Morgan fingerprint density at radius 3 is 2.67 bits per heavy atom. The second kappa shape index (κ2) is 8.44. The van der Waals surface area contributed by atoms with Gasteiger partial charge in [0.05, 0.1) is 12.6 Å². The molecule has 1 heterocycles. The summed E-state index contributed by atoms with van der Waals surface area (Å²) >= 11 is 0. The van der Waals surface area contributed by atoms with Crippen LogP contribution in [0.3, 0.4) is 0 Å². The van der Waals surface area contributed by atoms with Gasteiger partial charge in [-0.3, -0.25) is 4.79 Å². The van der Waals surface area contributed by atoms with Crippen LogP contribution in [0.5, 0.6) is 5.75 Å². The molecular weight excluding hydrogens is 342 g/mol. The molecule has 1 aromatic heterocycles. The van der Waals surface area contributed by atoms with E-state index < -0.39 is 0 Å². The number of tetrazole rings is 1. The highest BCUT2D eigenvalue weighted by Gasteiger charge is 2.13. The summed E-state index contributed by atoms with van der Waals surface area (Å²) in [5, 5.41) is 14.8. The summed E-state index contributed by atoms with van der Waals surface area (Å²) < 4.78 is 7.16. The van der Waals surface area contributed by atoms with E-state index in [1.165, 1.54) is 0 Å². The van der Waals surface area contributed by atoms with Gasteiger partial charge in [0.15, 0.2) is 5.82 Å². The number of nitrogens with one attached hydrogen (secondary N) is 1. The van der Waals surface area contributed by atoms with E-state index in [-0.39, 0.29) is 11.9 Å². The standard InChI is InChI=1S/C20H23N5O2/c1-4-27-18-10-8-15(9-11-18)13-21-20(26)17-7-5-6-16(12-17)19-22-23-24-25(19)14(2)3/h5-12,14H,4,13H2,1-3H3,(H,21,26). The summed E-state index contributed by atoms with van der Waals surface area (Å²) in [6.07, 6.45) is 0. The molecule has 3 rings (SSSR count). The fourth-order valence-corrected chi connectivity index (χ4v) is 2.69. The van der Waals surface area contributed by atoms with E-state index in [0.717, 1.165) is 16.9 Å². The van der Waals surface area contributed by atoms with Gasteiger partial charge in [0.1, 0.15) is 5.75 Å². The number of nitrogens with zero attached hydrogens (tertiary/aromatic N) is 4. The van der Waals surface area contributed by atoms with Crippen molar-refractivity contribution in [2.75, 3.05) is 6.61 Å². The Bertz CT molecular complexity index is 903. The third-order valence-corrected chi connectivity index (χ3v) is 4.05. The van der Waals surface area contributed by atoms with Gasteiger partial charge in [-0.15, -0.1) is 5.10 Å². The lowest BCUT2D eigenvalue weighted by molar-refractivity contribution is 0.0951. The minimum Gasteiger partial charge on any atom is -0.494 e. The monoisotopic (exact) mass is 365 g/mol. The highest BCUT2D eigenvalue weighted by atomic mass is 16.5. The number of amides is 1. The van der Waals surface area contributed by atoms with Crippen LogP contribution < -0.4 is 10.1 Å². The van der Waals surface area contributed by atoms with Gasteiger partial charge in [0.2, 0.25) is 0 Å². The first-order chi connectivity index (χ1) is 13.1. The van der Waals surface area contributed by atoms with E-state index in [1.807, 2.05) is 57.2 Å². The van der Waals surface area contributed by atoms with Gasteiger partial charge in [-0.05, 0) is 61.0 Å². The summed E-state index contributed by atoms with van der Waals surface area (Å²) in [6, 6.07) is 15.1. The van der Waals surface area contributed by atoms with Gasteiger partial charge in [-0.25, -0.2) is 4.68 Å². The van der Waals surface area contributed by atoms with Gasteiger partial charge in [-0.2, -0.15) is 0 Å². The average molecular weight is 365 g/mol. The Hall–Kier alpha value is -3.22. The van der Waals surface area contributed by atoms with Crippen molar-refractivity contribution in [2.24, 2.45) is 0 Å². The van der Waals surface area contributed by atoms with E-state index in [2.05, 4.69) is 20.8 Å². The SMILES string of the molecule is CCOc1ccc(CNC(=O)c2cccc(-c3nnnn3C(C)C)c2)cc1. The van der Waals surface area contributed by atoms with Crippen molar-refractivity contribution in [2.45, 2.75) is 33.4 Å². The van der Waals surface area contributed by atoms with Crippen molar-refractivity contribution in [1.82, 2.24) is 25.5 Å². The van der Waals surface area contributed by atoms with Gasteiger partial charge in [-0.1, -0.05) is 24.3 Å². The Morgan fingerprint density at radius 1 is 1.19 bits per heavy atom. The maximum atomic E-state index is 12.5. The number of ether oxygens (including phenoxy) is 1. The molecule has 0 fully saturated rings. The zero-order chi connectivity index (χ0) is 19.2. The van der Waals surface area contributed by atoms with Crippen LogP contribution in [0.4, 0.5) is 0 Å². The Labute approximate surface area is 158 Å². The predicted octanol–water partition coefficient (Wildman–Crippen LogP) is 3.25. The minimum absolute atomic E-state index is 0.132. The van der Waals surface area contributed by atoms with Crippen LogP contribution in [0.2, 0.25) is 0 Å². The molecule has 0 aliphatic carbocycles. The average Bonchev–Trinajstić information content (AvgIpc) is 3.18. The molecule has 0 saturated carbocycles. The molecule has 1 amide bonds. The largest absolute Gasteiger partial charge is 0.494 e. The van der Waals surface area contributed by atoms with Gasteiger partial charge in [0.25, 0.3) is 5.91 Å². The molecule has 140 valence electrons. The smallest absolute Gasteiger partial charge is 0.251 e. The first-order valence-corrected chi connectivity index (χ1v) is 8.96. The third-order valence-electron chi connectivity index (χ3n) is 4.05. The zero-order valence-corrected chi connectivity index (χ0v) is 15.7. The number of benzene rings is 2. The molecule has 0 atom stereocenters. The Balaban J connectivity index is 1.69. The quantitative estimate of drug-likeness (QED) is 0.695. The first-order valence-electron chi connectivity index (χ1n) is 8.96. The number of carbonyl (C=O) groups excluding carboxylic acids is 1. The second-order valence-electron chi connectivity index (χ2n) is 6.38. The number of carbonyl (C=O) groups is 1. The third kappa shape index (κ3) is 4.49. The van der Waals surface area contributed by atoms with E-state index in [4.69, 9.17) is 4.74 Å². The zero-order valence-electron chi connectivity index (χ0n) is 15.7. The normalized spacial score (nSPS) is 10.8. The molecule has 0 aliphatic heterocycles. The van der Waals surface area contributed by atoms with Crippen molar-refractivity contribution in [3.63, 3.8) is 0 Å². The second-order valence-corrected chi connectivity index (χ2v) is 6.38. The molecule has 7 heteroatoms. The number of hydrogen-bond donors (Lipinski definition) is 1. The number of rotatable bonds is 7. The molecule has 27 heavy (non-hydrogen) atoms. The molecule has 0 aliphatic rings. The molecule has 0 radical (unpaired) electrons. The maximum absolute atomic E-state index is 12.5.